The number of hydrogen-bond acceptors (Lipinski definition) is 2. The summed E-state index contributed by atoms with van der Waals surface area (Å²) in [5, 5.41) is 0. The molecule has 2 saturated heterocycles. The molecule has 106 valence electrons. The van der Waals surface area contributed by atoms with Crippen molar-refractivity contribution in [2.45, 2.75) is 53.5 Å². The van der Waals surface area contributed by atoms with Crippen LogP contribution in [0.15, 0.2) is 0 Å². The van der Waals surface area contributed by atoms with E-state index in [0.29, 0.717) is 6.04 Å². The third-order valence-electron chi connectivity index (χ3n) is 4.34. The second-order valence-electron chi connectivity index (χ2n) is 5.70. The Balaban J connectivity index is 0.000000771. The van der Waals surface area contributed by atoms with Crippen LogP contribution in [0.25, 0.3) is 0 Å². The maximum atomic E-state index is 11.1. The molecule has 0 bridgehead atoms. The van der Waals surface area contributed by atoms with Crippen LogP contribution in [-0.4, -0.2) is 47.9 Å². The number of piperidine rings is 1. The van der Waals surface area contributed by atoms with Crippen molar-refractivity contribution in [1.82, 2.24) is 9.80 Å². The topological polar surface area (TPSA) is 23.6 Å². The largest absolute Gasteiger partial charge is 0.340 e. The SMILES string of the molecule is CC.CC(=O)N1CC(N2CCC(C(C)C)CC2)C1. The van der Waals surface area contributed by atoms with Gasteiger partial charge in [-0.3, -0.25) is 9.69 Å². The summed E-state index contributed by atoms with van der Waals surface area (Å²) in [4.78, 5) is 15.6. The van der Waals surface area contributed by atoms with Gasteiger partial charge < -0.3 is 4.90 Å². The number of likely N-dealkylation sites (tertiary alicyclic amines) is 2. The maximum Gasteiger partial charge on any atom is 0.219 e. The van der Waals surface area contributed by atoms with Gasteiger partial charge in [-0.2, -0.15) is 0 Å². The lowest BCUT2D eigenvalue weighted by Gasteiger charge is -2.47. The molecule has 0 unspecified atom stereocenters. The molecule has 2 fully saturated rings. The molecule has 2 heterocycles. The van der Waals surface area contributed by atoms with Gasteiger partial charge in [-0.25, -0.2) is 0 Å². The molecule has 1 amide bonds. The van der Waals surface area contributed by atoms with Gasteiger partial charge in [0, 0.05) is 26.1 Å². The second-order valence-corrected chi connectivity index (χ2v) is 5.70. The van der Waals surface area contributed by atoms with Crippen LogP contribution in [0, 0.1) is 11.8 Å². The van der Waals surface area contributed by atoms with E-state index < -0.39 is 0 Å². The number of hydrogen-bond donors (Lipinski definition) is 0. The van der Waals surface area contributed by atoms with E-state index >= 15 is 0 Å². The van der Waals surface area contributed by atoms with Crippen molar-refractivity contribution in [3.05, 3.63) is 0 Å². The van der Waals surface area contributed by atoms with Gasteiger partial charge in [-0.05, 0) is 37.8 Å². The van der Waals surface area contributed by atoms with E-state index in [1.165, 1.54) is 25.9 Å². The summed E-state index contributed by atoms with van der Waals surface area (Å²) in [5.74, 6) is 1.98. The molecule has 0 aromatic carbocycles. The van der Waals surface area contributed by atoms with Crippen LogP contribution in [0.1, 0.15) is 47.5 Å². The van der Waals surface area contributed by atoms with Crippen LogP contribution in [0.2, 0.25) is 0 Å². The Labute approximate surface area is 113 Å². The van der Waals surface area contributed by atoms with E-state index in [2.05, 4.69) is 18.7 Å². The van der Waals surface area contributed by atoms with Gasteiger partial charge >= 0.3 is 0 Å². The van der Waals surface area contributed by atoms with E-state index in [1.54, 1.807) is 6.92 Å². The van der Waals surface area contributed by atoms with E-state index in [4.69, 9.17) is 0 Å². The lowest BCUT2D eigenvalue weighted by Crippen LogP contribution is -2.61. The molecule has 2 aliphatic rings. The standard InChI is InChI=1S/C13H24N2O.C2H6/c1-10(2)12-4-6-14(7-5-12)13-8-15(9-13)11(3)16;1-2/h10,12-13H,4-9H2,1-3H3;1-2H3. The highest BCUT2D eigenvalue weighted by molar-refractivity contribution is 5.74. The highest BCUT2D eigenvalue weighted by Crippen LogP contribution is 2.27. The number of amides is 1. The summed E-state index contributed by atoms with van der Waals surface area (Å²) < 4.78 is 0. The van der Waals surface area contributed by atoms with Gasteiger partial charge in [0.25, 0.3) is 0 Å². The van der Waals surface area contributed by atoms with Crippen molar-refractivity contribution in [1.29, 1.82) is 0 Å². The van der Waals surface area contributed by atoms with E-state index in [0.717, 1.165) is 24.9 Å². The molecule has 3 heteroatoms. The maximum absolute atomic E-state index is 11.1. The minimum atomic E-state index is 0.230. The quantitative estimate of drug-likeness (QED) is 0.756. The molecule has 0 aromatic rings. The van der Waals surface area contributed by atoms with Crippen molar-refractivity contribution >= 4 is 5.91 Å². The summed E-state index contributed by atoms with van der Waals surface area (Å²) in [6.07, 6.45) is 2.68. The van der Waals surface area contributed by atoms with E-state index in [1.807, 2.05) is 18.7 Å². The Morgan fingerprint density at radius 2 is 1.61 bits per heavy atom. The Kier molecular flexibility index (Phi) is 6.13. The molecular weight excluding hydrogens is 224 g/mol. The van der Waals surface area contributed by atoms with E-state index in [9.17, 15) is 4.79 Å². The normalized spacial score (nSPS) is 22.4. The minimum absolute atomic E-state index is 0.230. The molecule has 18 heavy (non-hydrogen) atoms. The summed E-state index contributed by atoms with van der Waals surface area (Å²) >= 11 is 0. The highest BCUT2D eigenvalue weighted by atomic mass is 16.2. The monoisotopic (exact) mass is 254 g/mol. The van der Waals surface area contributed by atoms with Gasteiger partial charge in [0.2, 0.25) is 5.91 Å². The van der Waals surface area contributed by atoms with Crippen LogP contribution in [0.3, 0.4) is 0 Å². The molecule has 3 nitrogen and oxygen atoms in total. The molecule has 0 spiro atoms. The van der Waals surface area contributed by atoms with Crippen molar-refractivity contribution in [2.24, 2.45) is 11.8 Å². The third kappa shape index (κ3) is 3.71. The predicted octanol–water partition coefficient (Wildman–Crippen LogP) is 2.61. The Hall–Kier alpha value is -0.570. The van der Waals surface area contributed by atoms with Crippen LogP contribution in [0.4, 0.5) is 0 Å². The van der Waals surface area contributed by atoms with Gasteiger partial charge in [-0.1, -0.05) is 27.7 Å². The molecule has 0 aliphatic carbocycles. The first-order valence-corrected chi connectivity index (χ1v) is 7.57. The van der Waals surface area contributed by atoms with Gasteiger partial charge in [0.1, 0.15) is 0 Å². The number of carbonyl (C=O) groups is 1. The van der Waals surface area contributed by atoms with Crippen LogP contribution in [-0.2, 0) is 4.79 Å². The number of rotatable bonds is 2. The lowest BCUT2D eigenvalue weighted by molar-refractivity contribution is -0.136. The van der Waals surface area contributed by atoms with Crippen LogP contribution >= 0.6 is 0 Å². The van der Waals surface area contributed by atoms with Gasteiger partial charge in [0.05, 0.1) is 0 Å². The summed E-state index contributed by atoms with van der Waals surface area (Å²) in [7, 11) is 0. The molecule has 0 radical (unpaired) electrons. The fourth-order valence-electron chi connectivity index (χ4n) is 2.89. The fraction of sp³-hybridized carbons (Fsp3) is 0.933. The highest BCUT2D eigenvalue weighted by Gasteiger charge is 2.35. The van der Waals surface area contributed by atoms with Gasteiger partial charge in [-0.15, -0.1) is 0 Å². The average Bonchev–Trinajstić information content (AvgIpc) is 2.30. The van der Waals surface area contributed by atoms with Crippen molar-refractivity contribution < 1.29 is 4.79 Å². The molecule has 0 N–H and O–H groups in total. The molecule has 0 saturated carbocycles. The van der Waals surface area contributed by atoms with Crippen molar-refractivity contribution in [2.75, 3.05) is 26.2 Å². The summed E-state index contributed by atoms with van der Waals surface area (Å²) in [5.41, 5.74) is 0. The first kappa shape index (κ1) is 15.5. The zero-order valence-electron chi connectivity index (χ0n) is 12.8. The first-order chi connectivity index (χ1) is 8.58. The molecule has 0 aromatic heterocycles. The lowest BCUT2D eigenvalue weighted by atomic mass is 9.86. The number of carbonyl (C=O) groups excluding carboxylic acids is 1. The summed E-state index contributed by atoms with van der Waals surface area (Å²) in [6.45, 7) is 14.7. The summed E-state index contributed by atoms with van der Waals surface area (Å²) in [6, 6.07) is 0.650. The Bertz CT molecular complexity index is 251. The predicted molar refractivity (Wildman–Crippen MR) is 76.5 cm³/mol. The van der Waals surface area contributed by atoms with Crippen LogP contribution < -0.4 is 0 Å². The molecule has 2 aliphatic heterocycles. The average molecular weight is 254 g/mol. The van der Waals surface area contributed by atoms with E-state index in [-0.39, 0.29) is 5.91 Å². The zero-order valence-corrected chi connectivity index (χ0v) is 12.8. The fourth-order valence-corrected chi connectivity index (χ4v) is 2.89. The molecule has 0 atom stereocenters. The number of nitrogens with zero attached hydrogens (tertiary/aromatic N) is 2. The second kappa shape index (κ2) is 7.13. The minimum Gasteiger partial charge on any atom is -0.340 e. The first-order valence-electron chi connectivity index (χ1n) is 7.57. The smallest absolute Gasteiger partial charge is 0.219 e. The zero-order chi connectivity index (χ0) is 13.7. The molecule has 2 rings (SSSR count). The molecular formula is C15H30N2O. The van der Waals surface area contributed by atoms with Gasteiger partial charge in [0.15, 0.2) is 0 Å². The Morgan fingerprint density at radius 3 is 2.00 bits per heavy atom. The van der Waals surface area contributed by atoms with Crippen molar-refractivity contribution in [3.63, 3.8) is 0 Å². The van der Waals surface area contributed by atoms with Crippen molar-refractivity contribution in [3.8, 4) is 0 Å². The third-order valence-corrected chi connectivity index (χ3v) is 4.34. The van der Waals surface area contributed by atoms with Crippen LogP contribution in [0.5, 0.6) is 0 Å². The Morgan fingerprint density at radius 1 is 1.11 bits per heavy atom.